The molecule has 3 N–H and O–H groups in total. The molecule has 0 aliphatic rings. The van der Waals surface area contributed by atoms with Crippen LogP contribution in [0.25, 0.3) is 10.9 Å². The standard InChI is InChI=1S/C16H16N4O2/c1-10(9-17)8-14(15(18)21)20-16(22)12-6-7-19-13-5-3-2-4-11(12)13/h2-7,10,14H,8H2,1H3,(H2,18,21)(H,20,22)/t10-,14-/m0/s1. The Morgan fingerprint density at radius 2 is 2.09 bits per heavy atom. The number of amides is 2. The molecule has 0 spiro atoms. The lowest BCUT2D eigenvalue weighted by Gasteiger charge is -2.17. The summed E-state index contributed by atoms with van der Waals surface area (Å²) >= 11 is 0. The molecule has 0 aliphatic heterocycles. The Hall–Kier alpha value is -2.94. The molecule has 1 heterocycles. The van der Waals surface area contributed by atoms with Crippen LogP contribution >= 0.6 is 0 Å². The van der Waals surface area contributed by atoms with Crippen molar-refractivity contribution in [2.45, 2.75) is 19.4 Å². The Bertz CT molecular complexity index is 746. The number of nitrogens with one attached hydrogen (secondary N) is 1. The summed E-state index contributed by atoms with van der Waals surface area (Å²) in [4.78, 5) is 28.1. The average Bonchev–Trinajstić information content (AvgIpc) is 2.53. The Balaban J connectivity index is 2.26. The number of carbonyl (C=O) groups excluding carboxylic acids is 2. The number of para-hydroxylation sites is 1. The first kappa shape index (κ1) is 15.4. The van der Waals surface area contributed by atoms with Crippen LogP contribution in [0.3, 0.4) is 0 Å². The summed E-state index contributed by atoms with van der Waals surface area (Å²) in [5.41, 5.74) is 6.41. The lowest BCUT2D eigenvalue weighted by atomic mass is 10.0. The number of rotatable bonds is 5. The Kier molecular flexibility index (Phi) is 4.69. The van der Waals surface area contributed by atoms with E-state index >= 15 is 0 Å². The second-order valence-corrected chi connectivity index (χ2v) is 5.07. The van der Waals surface area contributed by atoms with Gasteiger partial charge < -0.3 is 11.1 Å². The van der Waals surface area contributed by atoms with Gasteiger partial charge in [0.05, 0.1) is 17.1 Å². The predicted octanol–water partition coefficient (Wildman–Crippen LogP) is 1.37. The van der Waals surface area contributed by atoms with Crippen LogP contribution in [0.1, 0.15) is 23.7 Å². The van der Waals surface area contributed by atoms with Gasteiger partial charge in [0.2, 0.25) is 5.91 Å². The Morgan fingerprint density at radius 1 is 1.36 bits per heavy atom. The molecule has 22 heavy (non-hydrogen) atoms. The van der Waals surface area contributed by atoms with Crippen LogP contribution in [0.4, 0.5) is 0 Å². The topological polar surface area (TPSA) is 109 Å². The number of nitriles is 1. The highest BCUT2D eigenvalue weighted by Gasteiger charge is 2.22. The average molecular weight is 296 g/mol. The zero-order valence-corrected chi connectivity index (χ0v) is 12.1. The molecule has 2 amide bonds. The summed E-state index contributed by atoms with van der Waals surface area (Å²) in [5.74, 6) is -1.45. The first-order valence-corrected chi connectivity index (χ1v) is 6.86. The van der Waals surface area contributed by atoms with Gasteiger partial charge in [-0.15, -0.1) is 0 Å². The van der Waals surface area contributed by atoms with Crippen molar-refractivity contribution in [3.05, 3.63) is 42.1 Å². The highest BCUT2D eigenvalue weighted by molar-refractivity contribution is 6.07. The largest absolute Gasteiger partial charge is 0.368 e. The number of hydrogen-bond donors (Lipinski definition) is 2. The van der Waals surface area contributed by atoms with Gasteiger partial charge in [-0.25, -0.2) is 0 Å². The predicted molar refractivity (Wildman–Crippen MR) is 81.6 cm³/mol. The van der Waals surface area contributed by atoms with E-state index in [1.807, 2.05) is 18.2 Å². The first-order valence-electron chi connectivity index (χ1n) is 6.86. The quantitative estimate of drug-likeness (QED) is 0.868. The van der Waals surface area contributed by atoms with E-state index in [0.29, 0.717) is 16.5 Å². The van der Waals surface area contributed by atoms with Crippen LogP contribution in [0.5, 0.6) is 0 Å². The molecule has 0 radical (unpaired) electrons. The van der Waals surface area contributed by atoms with E-state index in [0.717, 1.165) is 0 Å². The molecule has 6 nitrogen and oxygen atoms in total. The van der Waals surface area contributed by atoms with E-state index in [4.69, 9.17) is 11.0 Å². The number of carbonyl (C=O) groups is 2. The van der Waals surface area contributed by atoms with Crippen molar-refractivity contribution in [3.8, 4) is 6.07 Å². The molecule has 0 bridgehead atoms. The fourth-order valence-corrected chi connectivity index (χ4v) is 2.18. The molecular formula is C16H16N4O2. The third-order valence-corrected chi connectivity index (χ3v) is 3.35. The molecule has 0 fully saturated rings. The van der Waals surface area contributed by atoms with Crippen LogP contribution in [0.15, 0.2) is 36.5 Å². The van der Waals surface area contributed by atoms with Crippen LogP contribution in [0, 0.1) is 17.2 Å². The van der Waals surface area contributed by atoms with E-state index < -0.39 is 17.9 Å². The van der Waals surface area contributed by atoms with E-state index in [1.165, 1.54) is 6.20 Å². The molecule has 0 unspecified atom stereocenters. The fraction of sp³-hybridized carbons (Fsp3) is 0.250. The van der Waals surface area contributed by atoms with Crippen LogP contribution < -0.4 is 11.1 Å². The number of nitrogens with two attached hydrogens (primary N) is 1. The van der Waals surface area contributed by atoms with Gasteiger partial charge in [0.15, 0.2) is 0 Å². The third kappa shape index (κ3) is 3.38. The molecule has 0 saturated carbocycles. The molecule has 112 valence electrons. The van der Waals surface area contributed by atoms with Gasteiger partial charge in [0.1, 0.15) is 6.04 Å². The summed E-state index contributed by atoms with van der Waals surface area (Å²) in [7, 11) is 0. The van der Waals surface area contributed by atoms with E-state index in [-0.39, 0.29) is 12.3 Å². The van der Waals surface area contributed by atoms with Gasteiger partial charge in [0, 0.05) is 17.5 Å². The lowest BCUT2D eigenvalue weighted by molar-refractivity contribution is -0.120. The van der Waals surface area contributed by atoms with Gasteiger partial charge in [-0.2, -0.15) is 5.26 Å². The van der Waals surface area contributed by atoms with Crippen molar-refractivity contribution in [2.24, 2.45) is 11.7 Å². The van der Waals surface area contributed by atoms with Crippen molar-refractivity contribution in [2.75, 3.05) is 0 Å². The molecule has 0 aliphatic carbocycles. The van der Waals surface area contributed by atoms with Crippen LogP contribution in [-0.4, -0.2) is 22.8 Å². The lowest BCUT2D eigenvalue weighted by Crippen LogP contribution is -2.45. The Labute approximate surface area is 127 Å². The maximum atomic E-state index is 12.4. The molecule has 6 heteroatoms. The highest BCUT2D eigenvalue weighted by atomic mass is 16.2. The number of primary amides is 1. The van der Waals surface area contributed by atoms with Crippen LogP contribution in [-0.2, 0) is 4.79 Å². The normalized spacial score (nSPS) is 13.1. The maximum absolute atomic E-state index is 12.4. The number of nitrogens with zero attached hydrogens (tertiary/aromatic N) is 2. The van der Waals surface area contributed by atoms with Gasteiger partial charge in [-0.05, 0) is 25.5 Å². The van der Waals surface area contributed by atoms with Crippen LogP contribution in [0.2, 0.25) is 0 Å². The van der Waals surface area contributed by atoms with Crippen molar-refractivity contribution in [1.29, 1.82) is 5.26 Å². The molecule has 1 aromatic heterocycles. The number of fused-ring (bicyclic) bond motifs is 1. The zero-order chi connectivity index (χ0) is 16.1. The molecule has 2 atom stereocenters. The maximum Gasteiger partial charge on any atom is 0.252 e. The number of pyridine rings is 1. The zero-order valence-electron chi connectivity index (χ0n) is 12.1. The van der Waals surface area contributed by atoms with E-state index in [2.05, 4.69) is 10.3 Å². The van der Waals surface area contributed by atoms with Crippen molar-refractivity contribution in [3.63, 3.8) is 0 Å². The summed E-state index contributed by atoms with van der Waals surface area (Å²) in [6, 6.07) is 9.96. The summed E-state index contributed by atoms with van der Waals surface area (Å²) in [6.07, 6.45) is 1.72. The minimum Gasteiger partial charge on any atom is -0.368 e. The number of hydrogen-bond acceptors (Lipinski definition) is 4. The van der Waals surface area contributed by atoms with Gasteiger partial charge in [-0.1, -0.05) is 18.2 Å². The Morgan fingerprint density at radius 3 is 2.77 bits per heavy atom. The van der Waals surface area contributed by atoms with Gasteiger partial charge in [0.25, 0.3) is 5.91 Å². The molecule has 0 saturated heterocycles. The van der Waals surface area contributed by atoms with Crippen molar-refractivity contribution < 1.29 is 9.59 Å². The first-order chi connectivity index (χ1) is 10.5. The molecule has 2 rings (SSSR count). The summed E-state index contributed by atoms with van der Waals surface area (Å²) < 4.78 is 0. The minimum atomic E-state index is -0.880. The number of aromatic nitrogens is 1. The van der Waals surface area contributed by atoms with Gasteiger partial charge >= 0.3 is 0 Å². The molecular weight excluding hydrogens is 280 g/mol. The summed E-state index contributed by atoms with van der Waals surface area (Å²) in [5, 5.41) is 12.1. The fourth-order valence-electron chi connectivity index (χ4n) is 2.18. The molecule has 1 aromatic carbocycles. The minimum absolute atomic E-state index is 0.181. The van der Waals surface area contributed by atoms with Crippen molar-refractivity contribution in [1.82, 2.24) is 10.3 Å². The number of benzene rings is 1. The molecule has 2 aromatic rings. The SMILES string of the molecule is C[C@H](C#N)C[C@H](NC(=O)c1ccnc2ccccc12)C(N)=O. The van der Waals surface area contributed by atoms with Crippen molar-refractivity contribution >= 4 is 22.7 Å². The van der Waals surface area contributed by atoms with E-state index in [9.17, 15) is 9.59 Å². The smallest absolute Gasteiger partial charge is 0.252 e. The third-order valence-electron chi connectivity index (χ3n) is 3.35. The van der Waals surface area contributed by atoms with Gasteiger partial charge in [-0.3, -0.25) is 14.6 Å². The monoisotopic (exact) mass is 296 g/mol. The second-order valence-electron chi connectivity index (χ2n) is 5.07. The second kappa shape index (κ2) is 6.68. The highest BCUT2D eigenvalue weighted by Crippen LogP contribution is 2.16. The van der Waals surface area contributed by atoms with E-state index in [1.54, 1.807) is 25.1 Å². The summed E-state index contributed by atoms with van der Waals surface area (Å²) in [6.45, 7) is 1.67.